The van der Waals surface area contributed by atoms with Gasteiger partial charge in [-0.2, -0.15) is 5.10 Å². The van der Waals surface area contributed by atoms with E-state index in [1.165, 1.54) is 0 Å². The van der Waals surface area contributed by atoms with Crippen LogP contribution in [0.15, 0.2) is 30.5 Å². The quantitative estimate of drug-likeness (QED) is 0.637. The molecule has 0 aliphatic rings. The zero-order valence-electron chi connectivity index (χ0n) is 16.2. The highest BCUT2D eigenvalue weighted by atomic mass is 35.5. The fourth-order valence-electron chi connectivity index (χ4n) is 2.81. The third kappa shape index (κ3) is 4.26. The molecule has 6 nitrogen and oxygen atoms in total. The Balaban J connectivity index is 1.72. The summed E-state index contributed by atoms with van der Waals surface area (Å²) in [5.74, 6) is 0.831. The van der Waals surface area contributed by atoms with Crippen molar-refractivity contribution in [2.75, 3.05) is 26.1 Å². The van der Waals surface area contributed by atoms with Gasteiger partial charge in [0.2, 0.25) is 0 Å². The Morgan fingerprint density at radius 3 is 2.59 bits per heavy atom. The molecule has 27 heavy (non-hydrogen) atoms. The van der Waals surface area contributed by atoms with Gasteiger partial charge in [0.15, 0.2) is 5.13 Å². The molecule has 1 atom stereocenters. The molecule has 0 amide bonds. The fraction of sp³-hybridized carbons (Fsp3) is 0.368. The van der Waals surface area contributed by atoms with Crippen molar-refractivity contribution in [3.05, 3.63) is 51.7 Å². The first-order valence-corrected chi connectivity index (χ1v) is 9.85. The lowest BCUT2D eigenvalue weighted by Gasteiger charge is -2.14. The van der Waals surface area contributed by atoms with Gasteiger partial charge in [-0.25, -0.2) is 9.67 Å². The summed E-state index contributed by atoms with van der Waals surface area (Å²) < 4.78 is 7.16. The Hall–Kier alpha value is -2.09. The first-order chi connectivity index (χ1) is 12.9. The van der Waals surface area contributed by atoms with Crippen LogP contribution in [0.25, 0.3) is 5.69 Å². The van der Waals surface area contributed by atoms with E-state index in [-0.39, 0.29) is 6.04 Å². The number of hydrogen-bond acceptors (Lipinski definition) is 6. The second kappa shape index (κ2) is 8.29. The summed E-state index contributed by atoms with van der Waals surface area (Å²) in [5.41, 5.74) is 3.26. The van der Waals surface area contributed by atoms with Crippen molar-refractivity contribution in [1.29, 1.82) is 0 Å². The summed E-state index contributed by atoms with van der Waals surface area (Å²) in [6, 6.07) is 8.01. The van der Waals surface area contributed by atoms with Crippen molar-refractivity contribution in [3.8, 4) is 11.4 Å². The van der Waals surface area contributed by atoms with E-state index < -0.39 is 0 Å². The highest BCUT2D eigenvalue weighted by Gasteiger charge is 2.16. The minimum absolute atomic E-state index is 0.137. The first kappa shape index (κ1) is 19.7. The van der Waals surface area contributed by atoms with E-state index in [4.69, 9.17) is 16.3 Å². The fourth-order valence-corrected chi connectivity index (χ4v) is 3.95. The van der Waals surface area contributed by atoms with Crippen LogP contribution in [0, 0.1) is 6.92 Å². The van der Waals surface area contributed by atoms with Crippen molar-refractivity contribution in [2.45, 2.75) is 26.4 Å². The van der Waals surface area contributed by atoms with Crippen LogP contribution in [0.4, 0.5) is 5.13 Å². The molecule has 3 aromatic rings. The second-order valence-corrected chi connectivity index (χ2v) is 7.92. The van der Waals surface area contributed by atoms with Gasteiger partial charge < -0.3 is 15.0 Å². The van der Waals surface area contributed by atoms with Gasteiger partial charge in [-0.15, -0.1) is 0 Å². The molecular weight excluding hydrogens is 382 g/mol. The summed E-state index contributed by atoms with van der Waals surface area (Å²) in [5, 5.41) is 9.56. The Bertz CT molecular complexity index is 903. The predicted octanol–water partition coefficient (Wildman–Crippen LogP) is 4.22. The summed E-state index contributed by atoms with van der Waals surface area (Å²) in [4.78, 5) is 7.38. The predicted molar refractivity (Wildman–Crippen MR) is 112 cm³/mol. The number of thiazole rings is 1. The number of halogens is 1. The van der Waals surface area contributed by atoms with Crippen molar-refractivity contribution in [1.82, 2.24) is 20.1 Å². The molecule has 0 aliphatic carbocycles. The largest absolute Gasteiger partial charge is 0.497 e. The number of nitrogens with zero attached hydrogens (tertiary/aromatic N) is 4. The molecule has 1 N–H and O–H groups in total. The summed E-state index contributed by atoms with van der Waals surface area (Å²) in [7, 11) is 5.59. The minimum atomic E-state index is 0.137. The number of hydrogen-bond donors (Lipinski definition) is 1. The number of rotatable bonds is 7. The molecule has 3 rings (SSSR count). The molecule has 0 bridgehead atoms. The van der Waals surface area contributed by atoms with Gasteiger partial charge in [-0.05, 0) is 38.1 Å². The molecule has 0 saturated heterocycles. The molecular formula is C19H24ClN5OS. The Morgan fingerprint density at radius 1 is 1.30 bits per heavy atom. The van der Waals surface area contributed by atoms with Gasteiger partial charge in [-0.1, -0.05) is 22.9 Å². The van der Waals surface area contributed by atoms with Crippen LogP contribution >= 0.6 is 22.9 Å². The van der Waals surface area contributed by atoms with Crippen LogP contribution in [0.5, 0.6) is 5.75 Å². The van der Waals surface area contributed by atoms with E-state index in [0.29, 0.717) is 11.7 Å². The van der Waals surface area contributed by atoms with Crippen LogP contribution in [0.3, 0.4) is 0 Å². The van der Waals surface area contributed by atoms with E-state index in [0.717, 1.165) is 32.7 Å². The lowest BCUT2D eigenvalue weighted by Crippen LogP contribution is -2.18. The highest BCUT2D eigenvalue weighted by molar-refractivity contribution is 7.16. The third-order valence-electron chi connectivity index (χ3n) is 4.42. The van der Waals surface area contributed by atoms with Gasteiger partial charge in [0.25, 0.3) is 0 Å². The smallest absolute Gasteiger partial charge is 0.186 e. The maximum Gasteiger partial charge on any atom is 0.186 e. The molecule has 0 fully saturated rings. The van der Waals surface area contributed by atoms with E-state index in [2.05, 4.69) is 29.2 Å². The second-order valence-electron chi connectivity index (χ2n) is 6.50. The van der Waals surface area contributed by atoms with E-state index >= 15 is 0 Å². The minimum Gasteiger partial charge on any atom is -0.497 e. The zero-order valence-corrected chi connectivity index (χ0v) is 17.7. The van der Waals surface area contributed by atoms with Gasteiger partial charge in [0.1, 0.15) is 10.9 Å². The number of methoxy groups -OCH3 is 1. The molecule has 1 aromatic carbocycles. The Morgan fingerprint density at radius 2 is 2.00 bits per heavy atom. The van der Waals surface area contributed by atoms with Crippen molar-refractivity contribution in [3.63, 3.8) is 0 Å². The standard InChI is InChI=1S/C19H24ClN5OS/c1-12(21-11-17-18(20)23-19(27-17)24(3)4)16-10-22-25(13(16)2)14-6-8-15(26-5)9-7-14/h6-10,12,21H,11H2,1-5H3. The van der Waals surface area contributed by atoms with Gasteiger partial charge in [-0.3, -0.25) is 0 Å². The van der Waals surface area contributed by atoms with Gasteiger partial charge in [0.05, 0.1) is 23.9 Å². The SMILES string of the molecule is COc1ccc(-n2ncc(C(C)NCc3sc(N(C)C)nc3Cl)c2C)cc1. The van der Waals surface area contributed by atoms with Crippen molar-refractivity contribution < 1.29 is 4.74 Å². The lowest BCUT2D eigenvalue weighted by atomic mass is 10.1. The molecule has 2 heterocycles. The van der Waals surface area contributed by atoms with Crippen LogP contribution in [0.1, 0.15) is 29.1 Å². The zero-order chi connectivity index (χ0) is 19.6. The maximum atomic E-state index is 6.26. The van der Waals surface area contributed by atoms with Gasteiger partial charge >= 0.3 is 0 Å². The topological polar surface area (TPSA) is 55.2 Å². The van der Waals surface area contributed by atoms with E-state index in [9.17, 15) is 0 Å². The summed E-state index contributed by atoms with van der Waals surface area (Å²) in [6.45, 7) is 4.87. The summed E-state index contributed by atoms with van der Waals surface area (Å²) >= 11 is 7.87. The molecule has 144 valence electrons. The van der Waals surface area contributed by atoms with Crippen LogP contribution in [0.2, 0.25) is 5.15 Å². The maximum absolute atomic E-state index is 6.26. The normalized spacial score (nSPS) is 12.2. The Kier molecular flexibility index (Phi) is 6.04. The van der Waals surface area contributed by atoms with Crippen molar-refractivity contribution >= 4 is 28.1 Å². The average Bonchev–Trinajstić information content (AvgIpc) is 3.23. The van der Waals surface area contributed by atoms with Crippen molar-refractivity contribution in [2.24, 2.45) is 0 Å². The molecule has 0 saturated carbocycles. The average molecular weight is 406 g/mol. The summed E-state index contributed by atoms with van der Waals surface area (Å²) in [6.07, 6.45) is 1.91. The molecule has 2 aromatic heterocycles. The molecule has 0 spiro atoms. The monoisotopic (exact) mass is 405 g/mol. The van der Waals surface area contributed by atoms with Crippen LogP contribution < -0.4 is 15.0 Å². The van der Waals surface area contributed by atoms with E-state index in [1.54, 1.807) is 18.4 Å². The number of nitrogens with one attached hydrogen (secondary N) is 1. The van der Waals surface area contributed by atoms with E-state index in [1.807, 2.05) is 54.1 Å². The number of ether oxygens (including phenoxy) is 1. The molecule has 0 aliphatic heterocycles. The molecule has 8 heteroatoms. The molecule has 0 radical (unpaired) electrons. The third-order valence-corrected chi connectivity index (χ3v) is 6.07. The molecule has 1 unspecified atom stereocenters. The highest BCUT2D eigenvalue weighted by Crippen LogP contribution is 2.29. The first-order valence-electron chi connectivity index (χ1n) is 8.65. The number of aromatic nitrogens is 3. The van der Waals surface area contributed by atoms with Gasteiger partial charge in [0, 0.05) is 37.9 Å². The number of anilines is 1. The number of benzene rings is 1. The lowest BCUT2D eigenvalue weighted by molar-refractivity contribution is 0.414. The van der Waals surface area contributed by atoms with Crippen LogP contribution in [-0.2, 0) is 6.54 Å². The van der Waals surface area contributed by atoms with Crippen LogP contribution in [-0.4, -0.2) is 36.0 Å². The Labute approximate surface area is 168 Å².